The van der Waals surface area contributed by atoms with E-state index in [4.69, 9.17) is 12.2 Å². The molecule has 0 amide bonds. The van der Waals surface area contributed by atoms with Gasteiger partial charge in [0.05, 0.1) is 4.99 Å². The summed E-state index contributed by atoms with van der Waals surface area (Å²) in [5.74, 6) is 0. The Labute approximate surface area is 152 Å². The molecule has 0 saturated carbocycles. The predicted octanol–water partition coefficient (Wildman–Crippen LogP) is 6.20. The van der Waals surface area contributed by atoms with Gasteiger partial charge in [-0.2, -0.15) is 0 Å². The summed E-state index contributed by atoms with van der Waals surface area (Å²) in [6, 6.07) is 16.5. The van der Waals surface area contributed by atoms with Crippen molar-refractivity contribution in [1.29, 1.82) is 0 Å². The van der Waals surface area contributed by atoms with Crippen LogP contribution in [0.15, 0.2) is 60.8 Å². The number of para-hydroxylation sites is 2. The minimum Gasteiger partial charge on any atom is -0.359 e. The highest BCUT2D eigenvalue weighted by Crippen LogP contribution is 2.25. The Bertz CT molecular complexity index is 564. The number of hydrogen-bond donors (Lipinski definition) is 2. The van der Waals surface area contributed by atoms with Gasteiger partial charge in [-0.25, -0.2) is 0 Å². The number of benzene rings is 2. The van der Waals surface area contributed by atoms with Crippen molar-refractivity contribution in [3.05, 3.63) is 71.9 Å². The van der Waals surface area contributed by atoms with Gasteiger partial charge >= 0.3 is 0 Å². The highest BCUT2D eigenvalue weighted by atomic mass is 32.1. The summed E-state index contributed by atoms with van der Waals surface area (Å²) in [5.41, 5.74) is 6.15. The summed E-state index contributed by atoms with van der Waals surface area (Å²) < 4.78 is 0. The summed E-state index contributed by atoms with van der Waals surface area (Å²) in [6.45, 7) is 11.9. The van der Waals surface area contributed by atoms with Crippen LogP contribution in [0.2, 0.25) is 0 Å². The van der Waals surface area contributed by atoms with E-state index in [9.17, 15) is 0 Å². The van der Waals surface area contributed by atoms with Crippen LogP contribution in [-0.4, -0.2) is 4.99 Å². The van der Waals surface area contributed by atoms with Crippen molar-refractivity contribution in [2.45, 2.75) is 40.5 Å². The Kier molecular flexibility index (Phi) is 8.80. The lowest BCUT2D eigenvalue weighted by molar-refractivity contribution is 1.26. The summed E-state index contributed by atoms with van der Waals surface area (Å²) >= 11 is 5.01. The SMILES string of the molecule is C=C1Cc2ccccc2N1.CC.CC.S=C1Cc2ccccc2N1. The van der Waals surface area contributed by atoms with Gasteiger partial charge < -0.3 is 10.6 Å². The molecule has 0 radical (unpaired) electrons. The highest BCUT2D eigenvalue weighted by Gasteiger charge is 2.12. The first-order valence-corrected chi connectivity index (χ1v) is 9.03. The Balaban J connectivity index is 0.000000199. The molecule has 4 rings (SSSR count). The van der Waals surface area contributed by atoms with Crippen molar-refractivity contribution in [2.24, 2.45) is 0 Å². The molecule has 128 valence electrons. The summed E-state index contributed by atoms with van der Waals surface area (Å²) in [6.07, 6.45) is 1.89. The molecule has 3 heteroatoms. The van der Waals surface area contributed by atoms with Gasteiger partial charge in [0.15, 0.2) is 0 Å². The van der Waals surface area contributed by atoms with Gasteiger partial charge in [0.25, 0.3) is 0 Å². The normalized spacial score (nSPS) is 12.7. The van der Waals surface area contributed by atoms with E-state index in [1.807, 2.05) is 45.9 Å². The average Bonchev–Trinajstić information content (AvgIpc) is 3.19. The molecule has 2 heterocycles. The molecule has 24 heavy (non-hydrogen) atoms. The van der Waals surface area contributed by atoms with E-state index in [0.29, 0.717) is 0 Å². The van der Waals surface area contributed by atoms with Crippen molar-refractivity contribution in [3.8, 4) is 0 Å². The lowest BCUT2D eigenvalue weighted by atomic mass is 10.2. The number of thiocarbonyl (C=S) groups is 1. The first-order valence-electron chi connectivity index (χ1n) is 8.63. The van der Waals surface area contributed by atoms with E-state index in [-0.39, 0.29) is 0 Å². The molecular weight excluding hydrogens is 312 g/mol. The molecule has 2 N–H and O–H groups in total. The minimum absolute atomic E-state index is 0.908. The van der Waals surface area contributed by atoms with Crippen molar-refractivity contribution in [1.82, 2.24) is 0 Å². The zero-order valence-electron chi connectivity index (χ0n) is 15.1. The van der Waals surface area contributed by atoms with Gasteiger partial charge in [-0.3, -0.25) is 0 Å². The topological polar surface area (TPSA) is 24.1 Å². The second-order valence-corrected chi connectivity index (χ2v) is 5.44. The van der Waals surface area contributed by atoms with E-state index >= 15 is 0 Å². The maximum Gasteiger partial charge on any atom is 0.0842 e. The molecule has 2 aliphatic heterocycles. The summed E-state index contributed by atoms with van der Waals surface area (Å²) in [4.78, 5) is 0.932. The van der Waals surface area contributed by atoms with Crippen LogP contribution in [0.1, 0.15) is 38.8 Å². The first kappa shape index (κ1) is 19.9. The maximum absolute atomic E-state index is 5.01. The van der Waals surface area contributed by atoms with Gasteiger partial charge in [-0.1, -0.05) is 82.9 Å². The highest BCUT2D eigenvalue weighted by molar-refractivity contribution is 7.80. The monoisotopic (exact) mass is 340 g/mol. The quantitative estimate of drug-likeness (QED) is 0.558. The number of nitrogens with one attached hydrogen (secondary N) is 2. The van der Waals surface area contributed by atoms with Gasteiger partial charge in [-0.15, -0.1) is 0 Å². The molecule has 0 saturated heterocycles. The molecule has 0 spiro atoms. The van der Waals surface area contributed by atoms with Crippen molar-refractivity contribution in [2.75, 3.05) is 10.6 Å². The largest absolute Gasteiger partial charge is 0.359 e. The number of allylic oxidation sites excluding steroid dienone is 1. The third kappa shape index (κ3) is 5.50. The Morgan fingerprint density at radius 3 is 1.71 bits per heavy atom. The van der Waals surface area contributed by atoms with Crippen LogP contribution in [0.3, 0.4) is 0 Å². The van der Waals surface area contributed by atoms with Gasteiger partial charge in [-0.05, 0) is 23.3 Å². The average molecular weight is 341 g/mol. The van der Waals surface area contributed by atoms with Crippen molar-refractivity contribution in [3.63, 3.8) is 0 Å². The fourth-order valence-corrected chi connectivity index (χ4v) is 2.69. The van der Waals surface area contributed by atoms with E-state index in [1.54, 1.807) is 0 Å². The van der Waals surface area contributed by atoms with Crippen molar-refractivity contribution < 1.29 is 0 Å². The maximum atomic E-state index is 5.01. The Morgan fingerprint density at radius 1 is 0.750 bits per heavy atom. The summed E-state index contributed by atoms with van der Waals surface area (Å²) in [5, 5.41) is 6.33. The molecule has 0 aliphatic carbocycles. The second kappa shape index (κ2) is 10.6. The van der Waals surface area contributed by atoms with Crippen LogP contribution in [0.4, 0.5) is 11.4 Å². The number of rotatable bonds is 0. The van der Waals surface area contributed by atoms with Crippen LogP contribution in [-0.2, 0) is 12.8 Å². The molecular formula is C21H28N2S. The fraction of sp³-hybridized carbons (Fsp3) is 0.286. The van der Waals surface area contributed by atoms with Crippen LogP contribution in [0.5, 0.6) is 0 Å². The first-order chi connectivity index (χ1) is 11.7. The van der Waals surface area contributed by atoms with Crippen molar-refractivity contribution >= 4 is 28.6 Å². The molecule has 2 nitrogen and oxygen atoms in total. The molecule has 0 unspecified atom stereocenters. The fourth-order valence-electron chi connectivity index (χ4n) is 2.42. The Morgan fingerprint density at radius 2 is 1.21 bits per heavy atom. The third-order valence-corrected chi connectivity index (χ3v) is 3.62. The third-order valence-electron chi connectivity index (χ3n) is 3.38. The zero-order valence-corrected chi connectivity index (χ0v) is 16.0. The lowest BCUT2D eigenvalue weighted by Gasteiger charge is -1.95. The van der Waals surface area contributed by atoms with Crippen LogP contribution >= 0.6 is 12.2 Å². The molecule has 0 atom stereocenters. The van der Waals surface area contributed by atoms with Crippen LogP contribution in [0.25, 0.3) is 0 Å². The standard InChI is InChI=1S/C9H9N.C8H7NS.2C2H6/c1-7-6-8-4-2-3-5-9(8)10-7;10-8-5-6-3-1-2-4-7(6)9-8;2*1-2/h2-5,10H,1,6H2;1-4H,5H2,(H,9,10);2*1-2H3. The van der Waals surface area contributed by atoms with E-state index in [1.165, 1.54) is 22.5 Å². The van der Waals surface area contributed by atoms with Gasteiger partial charge in [0.2, 0.25) is 0 Å². The minimum atomic E-state index is 0.908. The second-order valence-electron chi connectivity index (χ2n) is 4.94. The van der Waals surface area contributed by atoms with E-state index in [0.717, 1.165) is 23.5 Å². The molecule has 2 aromatic carbocycles. The molecule has 2 aromatic rings. The lowest BCUT2D eigenvalue weighted by Crippen LogP contribution is -2.00. The van der Waals surface area contributed by atoms with Gasteiger partial charge in [0, 0.05) is 29.9 Å². The van der Waals surface area contributed by atoms with E-state index < -0.39 is 0 Å². The predicted molar refractivity (Wildman–Crippen MR) is 112 cm³/mol. The van der Waals surface area contributed by atoms with Crippen LogP contribution in [0, 0.1) is 0 Å². The molecule has 0 bridgehead atoms. The van der Waals surface area contributed by atoms with E-state index in [2.05, 4.69) is 47.5 Å². The number of anilines is 2. The molecule has 0 aromatic heterocycles. The summed E-state index contributed by atoms with van der Waals surface area (Å²) in [7, 11) is 0. The molecule has 0 fully saturated rings. The smallest absolute Gasteiger partial charge is 0.0842 e. The number of hydrogen-bond acceptors (Lipinski definition) is 2. The van der Waals surface area contributed by atoms with Crippen LogP contribution < -0.4 is 10.6 Å². The van der Waals surface area contributed by atoms with Gasteiger partial charge in [0.1, 0.15) is 0 Å². The Hall–Kier alpha value is -2.13. The molecule has 2 aliphatic rings. The number of fused-ring (bicyclic) bond motifs is 2. The zero-order chi connectivity index (χ0) is 17.9.